The quantitative estimate of drug-likeness (QED) is 0.688. The third kappa shape index (κ3) is 2.69. The van der Waals surface area contributed by atoms with Gasteiger partial charge in [-0.25, -0.2) is 0 Å². The topological polar surface area (TPSA) is 17.8 Å². The van der Waals surface area contributed by atoms with Gasteiger partial charge < -0.3 is 0 Å². The molecule has 3 aromatic rings. The minimum atomic E-state index is 0.968. The monoisotopic (exact) mass is 260 g/mol. The molecular formula is C18H16N2. The van der Waals surface area contributed by atoms with Gasteiger partial charge in [0.1, 0.15) is 0 Å². The van der Waals surface area contributed by atoms with E-state index in [-0.39, 0.29) is 0 Å². The van der Waals surface area contributed by atoms with Crippen molar-refractivity contribution >= 4 is 12.2 Å². The number of rotatable bonds is 3. The molecule has 98 valence electrons. The van der Waals surface area contributed by atoms with Crippen LogP contribution < -0.4 is 0 Å². The Morgan fingerprint density at radius 2 is 1.50 bits per heavy atom. The molecule has 0 atom stereocenters. The van der Waals surface area contributed by atoms with E-state index in [0.717, 1.165) is 11.4 Å². The molecule has 2 aromatic carbocycles. The van der Waals surface area contributed by atoms with Gasteiger partial charge in [-0.05, 0) is 23.3 Å². The molecule has 1 heterocycles. The summed E-state index contributed by atoms with van der Waals surface area (Å²) >= 11 is 0. The van der Waals surface area contributed by atoms with E-state index in [1.807, 2.05) is 54.2 Å². The molecule has 20 heavy (non-hydrogen) atoms. The van der Waals surface area contributed by atoms with Gasteiger partial charge >= 0.3 is 0 Å². The fourth-order valence-electron chi connectivity index (χ4n) is 2.20. The molecule has 1 aromatic heterocycles. The molecule has 0 fully saturated rings. The van der Waals surface area contributed by atoms with Crippen LogP contribution in [0.15, 0.2) is 66.7 Å². The molecule has 0 spiro atoms. The van der Waals surface area contributed by atoms with Gasteiger partial charge in [-0.3, -0.25) is 4.68 Å². The lowest BCUT2D eigenvalue weighted by Crippen LogP contribution is -1.93. The van der Waals surface area contributed by atoms with Crippen LogP contribution in [0.5, 0.6) is 0 Å². The van der Waals surface area contributed by atoms with Crippen LogP contribution in [0.4, 0.5) is 0 Å². The summed E-state index contributed by atoms with van der Waals surface area (Å²) in [7, 11) is 1.97. The van der Waals surface area contributed by atoms with Crippen molar-refractivity contribution in [3.63, 3.8) is 0 Å². The molecular weight excluding hydrogens is 244 g/mol. The summed E-state index contributed by atoms with van der Waals surface area (Å²) in [6.07, 6.45) is 4.12. The molecule has 0 saturated carbocycles. The van der Waals surface area contributed by atoms with Crippen molar-refractivity contribution in [2.45, 2.75) is 0 Å². The SMILES string of the molecule is Cn1nc(/C=C/c2ccccc2)cc1-c1ccccc1. The first-order chi connectivity index (χ1) is 9.83. The summed E-state index contributed by atoms with van der Waals surface area (Å²) in [6, 6.07) is 22.7. The number of benzene rings is 2. The maximum atomic E-state index is 4.53. The zero-order valence-corrected chi connectivity index (χ0v) is 11.4. The second-order valence-electron chi connectivity index (χ2n) is 4.69. The van der Waals surface area contributed by atoms with Gasteiger partial charge in [-0.1, -0.05) is 66.7 Å². The number of nitrogens with zero attached hydrogens (tertiary/aromatic N) is 2. The van der Waals surface area contributed by atoms with Crippen molar-refractivity contribution in [1.82, 2.24) is 9.78 Å². The van der Waals surface area contributed by atoms with Crippen LogP contribution in [0.3, 0.4) is 0 Å². The minimum absolute atomic E-state index is 0.968. The molecule has 0 radical (unpaired) electrons. The molecule has 0 N–H and O–H groups in total. The first-order valence-corrected chi connectivity index (χ1v) is 6.65. The molecule has 2 nitrogen and oxygen atoms in total. The predicted octanol–water partition coefficient (Wildman–Crippen LogP) is 4.26. The number of hydrogen-bond donors (Lipinski definition) is 0. The van der Waals surface area contributed by atoms with Crippen molar-refractivity contribution in [1.29, 1.82) is 0 Å². The van der Waals surface area contributed by atoms with Crippen LogP contribution in [0.2, 0.25) is 0 Å². The summed E-state index contributed by atoms with van der Waals surface area (Å²) in [5.74, 6) is 0. The third-order valence-electron chi connectivity index (χ3n) is 3.21. The Kier molecular flexibility index (Phi) is 3.46. The highest BCUT2D eigenvalue weighted by Crippen LogP contribution is 2.20. The lowest BCUT2D eigenvalue weighted by atomic mass is 10.1. The van der Waals surface area contributed by atoms with E-state index < -0.39 is 0 Å². The Labute approximate surface area is 119 Å². The van der Waals surface area contributed by atoms with Crippen LogP contribution in [-0.4, -0.2) is 9.78 Å². The van der Waals surface area contributed by atoms with Gasteiger partial charge in [0.25, 0.3) is 0 Å². The Balaban J connectivity index is 1.88. The van der Waals surface area contributed by atoms with Crippen LogP contribution in [0.25, 0.3) is 23.4 Å². The molecule has 0 amide bonds. The zero-order chi connectivity index (χ0) is 13.8. The first kappa shape index (κ1) is 12.4. The lowest BCUT2D eigenvalue weighted by Gasteiger charge is -1.99. The predicted molar refractivity (Wildman–Crippen MR) is 84.0 cm³/mol. The van der Waals surface area contributed by atoms with E-state index >= 15 is 0 Å². The van der Waals surface area contributed by atoms with Gasteiger partial charge in [-0.2, -0.15) is 5.10 Å². The maximum Gasteiger partial charge on any atom is 0.0857 e. The summed E-state index contributed by atoms with van der Waals surface area (Å²) in [5.41, 5.74) is 4.45. The van der Waals surface area contributed by atoms with Crippen molar-refractivity contribution in [2.75, 3.05) is 0 Å². The van der Waals surface area contributed by atoms with Crippen molar-refractivity contribution in [3.8, 4) is 11.3 Å². The Hall–Kier alpha value is -2.61. The van der Waals surface area contributed by atoms with Crippen LogP contribution in [0.1, 0.15) is 11.3 Å². The summed E-state index contributed by atoms with van der Waals surface area (Å²) < 4.78 is 1.92. The zero-order valence-electron chi connectivity index (χ0n) is 11.4. The number of aromatic nitrogens is 2. The summed E-state index contributed by atoms with van der Waals surface area (Å²) in [6.45, 7) is 0. The van der Waals surface area contributed by atoms with Gasteiger partial charge in [0.15, 0.2) is 0 Å². The van der Waals surface area contributed by atoms with E-state index in [2.05, 4.69) is 41.5 Å². The highest BCUT2D eigenvalue weighted by molar-refractivity contribution is 5.71. The second kappa shape index (κ2) is 5.57. The highest BCUT2D eigenvalue weighted by Gasteiger charge is 2.04. The molecule has 0 aliphatic heterocycles. The largest absolute Gasteiger partial charge is 0.267 e. The van der Waals surface area contributed by atoms with E-state index in [0.29, 0.717) is 0 Å². The number of aryl methyl sites for hydroxylation is 1. The summed E-state index contributed by atoms with van der Waals surface area (Å²) in [5, 5.41) is 4.53. The molecule has 0 saturated heterocycles. The Bertz CT molecular complexity index is 710. The van der Waals surface area contributed by atoms with Crippen LogP contribution in [-0.2, 0) is 7.05 Å². The fraction of sp³-hybridized carbons (Fsp3) is 0.0556. The van der Waals surface area contributed by atoms with Crippen molar-refractivity contribution in [2.24, 2.45) is 7.05 Å². The molecule has 0 aliphatic rings. The normalized spacial score (nSPS) is 11.1. The molecule has 3 rings (SSSR count). The average Bonchev–Trinajstić information content (AvgIpc) is 2.88. The molecule has 0 aliphatic carbocycles. The van der Waals surface area contributed by atoms with Gasteiger partial charge in [-0.15, -0.1) is 0 Å². The van der Waals surface area contributed by atoms with E-state index in [1.54, 1.807) is 0 Å². The average molecular weight is 260 g/mol. The van der Waals surface area contributed by atoms with Gasteiger partial charge in [0, 0.05) is 7.05 Å². The van der Waals surface area contributed by atoms with Crippen molar-refractivity contribution < 1.29 is 0 Å². The smallest absolute Gasteiger partial charge is 0.0857 e. The van der Waals surface area contributed by atoms with E-state index in [9.17, 15) is 0 Å². The van der Waals surface area contributed by atoms with Crippen molar-refractivity contribution in [3.05, 3.63) is 78.0 Å². The highest BCUT2D eigenvalue weighted by atomic mass is 15.3. The maximum absolute atomic E-state index is 4.53. The lowest BCUT2D eigenvalue weighted by molar-refractivity contribution is 0.772. The Morgan fingerprint density at radius 3 is 2.20 bits per heavy atom. The molecule has 0 bridgehead atoms. The van der Waals surface area contributed by atoms with Gasteiger partial charge in [0.2, 0.25) is 0 Å². The molecule has 2 heteroatoms. The Morgan fingerprint density at radius 1 is 0.850 bits per heavy atom. The minimum Gasteiger partial charge on any atom is -0.267 e. The van der Waals surface area contributed by atoms with Crippen LogP contribution in [0, 0.1) is 0 Å². The van der Waals surface area contributed by atoms with Crippen LogP contribution >= 0.6 is 0 Å². The van der Waals surface area contributed by atoms with Gasteiger partial charge in [0.05, 0.1) is 11.4 Å². The standard InChI is InChI=1S/C18H16N2/c1-20-18(16-10-6-3-7-11-16)14-17(19-20)13-12-15-8-4-2-5-9-15/h2-14H,1H3/b13-12+. The number of hydrogen-bond acceptors (Lipinski definition) is 1. The first-order valence-electron chi connectivity index (χ1n) is 6.65. The third-order valence-corrected chi connectivity index (χ3v) is 3.21. The fourth-order valence-corrected chi connectivity index (χ4v) is 2.20. The van der Waals surface area contributed by atoms with E-state index in [1.165, 1.54) is 11.1 Å². The van der Waals surface area contributed by atoms with E-state index in [4.69, 9.17) is 0 Å². The summed E-state index contributed by atoms with van der Waals surface area (Å²) in [4.78, 5) is 0. The molecule has 0 unspecified atom stereocenters. The second-order valence-corrected chi connectivity index (χ2v) is 4.69.